The van der Waals surface area contributed by atoms with Gasteiger partial charge in [0.1, 0.15) is 5.03 Å². The lowest BCUT2D eigenvalue weighted by molar-refractivity contribution is -0.139. The Balaban J connectivity index is 2.46. The van der Waals surface area contributed by atoms with Gasteiger partial charge in [0.2, 0.25) is 0 Å². The average Bonchev–Trinajstić information content (AvgIpc) is 2.27. The highest BCUT2D eigenvalue weighted by Crippen LogP contribution is 2.15. The van der Waals surface area contributed by atoms with Crippen molar-refractivity contribution in [3.05, 3.63) is 12.4 Å². The quantitative estimate of drug-likeness (QED) is 0.326. The number of esters is 1. The molecule has 0 spiro atoms. The predicted octanol–water partition coefficient (Wildman–Crippen LogP) is 0.417. The number of hydrazine groups is 1. The van der Waals surface area contributed by atoms with E-state index in [0.717, 1.165) is 0 Å². The molecule has 7 heteroatoms. The van der Waals surface area contributed by atoms with Crippen LogP contribution in [0.1, 0.15) is 6.92 Å². The van der Waals surface area contributed by atoms with Crippen molar-refractivity contribution in [3.8, 4) is 0 Å². The van der Waals surface area contributed by atoms with Crippen molar-refractivity contribution in [1.29, 1.82) is 0 Å². The lowest BCUT2D eigenvalue weighted by atomic mass is 10.7. The number of nitrogens with one attached hydrogen (secondary N) is 1. The number of ether oxygens (including phenoxy) is 1. The molecule has 0 saturated carbocycles. The first kappa shape index (κ1) is 11.7. The van der Waals surface area contributed by atoms with Gasteiger partial charge >= 0.3 is 5.97 Å². The average molecular weight is 228 g/mol. The summed E-state index contributed by atoms with van der Waals surface area (Å²) in [6, 6.07) is 0. The number of nitrogens with two attached hydrogens (primary N) is 1. The normalized spacial score (nSPS) is 9.73. The van der Waals surface area contributed by atoms with Crippen LogP contribution in [0.3, 0.4) is 0 Å². The van der Waals surface area contributed by atoms with Crippen molar-refractivity contribution < 1.29 is 9.53 Å². The summed E-state index contributed by atoms with van der Waals surface area (Å²) >= 11 is 1.25. The molecule has 0 saturated heterocycles. The van der Waals surface area contributed by atoms with E-state index >= 15 is 0 Å². The summed E-state index contributed by atoms with van der Waals surface area (Å²) in [5.74, 6) is 5.58. The molecule has 82 valence electrons. The molecule has 0 unspecified atom stereocenters. The fourth-order valence-electron chi connectivity index (χ4n) is 0.823. The molecule has 6 nitrogen and oxygen atoms in total. The molecule has 0 aliphatic rings. The number of hydrogen-bond acceptors (Lipinski definition) is 7. The molecule has 3 N–H and O–H groups in total. The lowest BCUT2D eigenvalue weighted by Gasteiger charge is -2.02. The monoisotopic (exact) mass is 228 g/mol. The molecular formula is C8H12N4O2S. The van der Waals surface area contributed by atoms with Crippen molar-refractivity contribution in [2.24, 2.45) is 5.84 Å². The smallest absolute Gasteiger partial charge is 0.316 e. The Morgan fingerprint density at radius 1 is 1.67 bits per heavy atom. The largest absolute Gasteiger partial charge is 0.465 e. The van der Waals surface area contributed by atoms with E-state index in [2.05, 4.69) is 15.4 Å². The molecule has 0 aliphatic heterocycles. The van der Waals surface area contributed by atoms with Crippen molar-refractivity contribution >= 4 is 23.5 Å². The molecule has 0 bridgehead atoms. The van der Waals surface area contributed by atoms with Crippen LogP contribution >= 0.6 is 11.8 Å². The fourth-order valence-corrected chi connectivity index (χ4v) is 1.47. The molecule has 15 heavy (non-hydrogen) atoms. The second kappa shape index (κ2) is 6.20. The molecule has 1 aromatic rings. The van der Waals surface area contributed by atoms with Crippen molar-refractivity contribution in [2.75, 3.05) is 17.8 Å². The van der Waals surface area contributed by atoms with Crippen LogP contribution in [0.4, 0.5) is 5.82 Å². The Morgan fingerprint density at radius 3 is 3.13 bits per heavy atom. The van der Waals surface area contributed by atoms with Crippen LogP contribution < -0.4 is 11.3 Å². The van der Waals surface area contributed by atoms with Gasteiger partial charge in [0.25, 0.3) is 0 Å². The van der Waals surface area contributed by atoms with E-state index < -0.39 is 0 Å². The van der Waals surface area contributed by atoms with E-state index in [1.165, 1.54) is 18.0 Å². The van der Waals surface area contributed by atoms with Gasteiger partial charge in [0, 0.05) is 0 Å². The summed E-state index contributed by atoms with van der Waals surface area (Å²) in [4.78, 5) is 19.0. The molecule has 0 aliphatic carbocycles. The van der Waals surface area contributed by atoms with Crippen LogP contribution in [0.25, 0.3) is 0 Å². The zero-order valence-electron chi connectivity index (χ0n) is 8.27. The van der Waals surface area contributed by atoms with Gasteiger partial charge in [-0.2, -0.15) is 0 Å². The summed E-state index contributed by atoms with van der Waals surface area (Å²) in [6.07, 6.45) is 3.05. The fraction of sp³-hybridized carbons (Fsp3) is 0.375. The second-order valence-electron chi connectivity index (χ2n) is 2.48. The number of nitrogen functional groups attached to an aromatic ring is 1. The van der Waals surface area contributed by atoms with Gasteiger partial charge in [-0.3, -0.25) is 9.78 Å². The standard InChI is InChI=1S/C8H12N4O2S/c1-2-14-8(13)5-15-7-4-10-3-6(11-7)12-9/h3-4H,2,5,9H2,1H3,(H,11,12). The Kier molecular flexibility index (Phi) is 4.85. The number of carbonyl (C=O) groups excluding carboxylic acids is 1. The number of thioether (sulfide) groups is 1. The Bertz CT molecular complexity index is 334. The SMILES string of the molecule is CCOC(=O)CSc1cncc(NN)n1. The van der Waals surface area contributed by atoms with Gasteiger partial charge in [-0.1, -0.05) is 11.8 Å². The number of anilines is 1. The zero-order chi connectivity index (χ0) is 11.1. The maximum Gasteiger partial charge on any atom is 0.316 e. The van der Waals surface area contributed by atoms with Crippen LogP contribution in [0.2, 0.25) is 0 Å². The van der Waals surface area contributed by atoms with Gasteiger partial charge in [-0.25, -0.2) is 10.8 Å². The maximum atomic E-state index is 11.0. The molecule has 1 aromatic heterocycles. The van der Waals surface area contributed by atoms with Gasteiger partial charge in [-0.15, -0.1) is 0 Å². The highest BCUT2D eigenvalue weighted by Gasteiger charge is 2.04. The Hall–Kier alpha value is -1.34. The third-order valence-corrected chi connectivity index (χ3v) is 2.28. The first-order valence-corrected chi connectivity index (χ1v) is 5.32. The summed E-state index contributed by atoms with van der Waals surface area (Å²) in [5, 5.41) is 0.624. The van der Waals surface area contributed by atoms with Crippen molar-refractivity contribution in [2.45, 2.75) is 11.9 Å². The predicted molar refractivity (Wildman–Crippen MR) is 57.2 cm³/mol. The minimum atomic E-state index is -0.268. The van der Waals surface area contributed by atoms with Crippen molar-refractivity contribution in [3.63, 3.8) is 0 Å². The summed E-state index contributed by atoms with van der Waals surface area (Å²) in [6.45, 7) is 2.15. The van der Waals surface area contributed by atoms with Gasteiger partial charge < -0.3 is 10.2 Å². The van der Waals surface area contributed by atoms with E-state index in [-0.39, 0.29) is 11.7 Å². The number of rotatable bonds is 5. The molecule has 0 radical (unpaired) electrons. The molecule has 0 fully saturated rings. The van der Waals surface area contributed by atoms with Gasteiger partial charge in [0.15, 0.2) is 5.82 Å². The molecule has 1 rings (SSSR count). The molecular weight excluding hydrogens is 216 g/mol. The van der Waals surface area contributed by atoms with Gasteiger partial charge in [0.05, 0.1) is 24.8 Å². The molecule has 0 aromatic carbocycles. The van der Waals surface area contributed by atoms with Crippen LogP contribution in [0.15, 0.2) is 17.4 Å². The highest BCUT2D eigenvalue weighted by atomic mass is 32.2. The zero-order valence-corrected chi connectivity index (χ0v) is 9.08. The maximum absolute atomic E-state index is 11.0. The summed E-state index contributed by atoms with van der Waals surface area (Å²) in [7, 11) is 0. The second-order valence-corrected chi connectivity index (χ2v) is 3.48. The van der Waals surface area contributed by atoms with E-state index in [0.29, 0.717) is 17.5 Å². The van der Waals surface area contributed by atoms with Crippen LogP contribution in [-0.4, -0.2) is 28.3 Å². The van der Waals surface area contributed by atoms with Crippen LogP contribution in [0, 0.1) is 0 Å². The van der Waals surface area contributed by atoms with E-state index in [1.54, 1.807) is 13.1 Å². The number of hydrogen-bond donors (Lipinski definition) is 2. The lowest BCUT2D eigenvalue weighted by Crippen LogP contribution is -2.10. The number of carbonyl (C=O) groups is 1. The topological polar surface area (TPSA) is 90.1 Å². The van der Waals surface area contributed by atoms with E-state index in [4.69, 9.17) is 10.6 Å². The molecule has 0 atom stereocenters. The van der Waals surface area contributed by atoms with E-state index in [1.807, 2.05) is 0 Å². The highest BCUT2D eigenvalue weighted by molar-refractivity contribution is 7.99. The third-order valence-electron chi connectivity index (χ3n) is 1.40. The first-order valence-electron chi connectivity index (χ1n) is 4.33. The molecule has 1 heterocycles. The van der Waals surface area contributed by atoms with Crippen LogP contribution in [0.5, 0.6) is 0 Å². The summed E-state index contributed by atoms with van der Waals surface area (Å²) < 4.78 is 4.77. The Labute approximate surface area is 91.6 Å². The molecule has 0 amide bonds. The number of aromatic nitrogens is 2. The first-order chi connectivity index (χ1) is 7.26. The minimum absolute atomic E-state index is 0.219. The van der Waals surface area contributed by atoms with E-state index in [9.17, 15) is 4.79 Å². The summed E-state index contributed by atoms with van der Waals surface area (Å²) in [5.41, 5.74) is 2.38. The third kappa shape index (κ3) is 4.13. The Morgan fingerprint density at radius 2 is 2.47 bits per heavy atom. The minimum Gasteiger partial charge on any atom is -0.465 e. The van der Waals surface area contributed by atoms with Crippen molar-refractivity contribution in [1.82, 2.24) is 9.97 Å². The van der Waals surface area contributed by atoms with Crippen LogP contribution in [-0.2, 0) is 9.53 Å². The number of nitrogens with zero attached hydrogens (tertiary/aromatic N) is 2. The van der Waals surface area contributed by atoms with Gasteiger partial charge in [-0.05, 0) is 6.92 Å².